The molecule has 1 fully saturated rings. The van der Waals surface area contributed by atoms with Crippen LogP contribution in [-0.4, -0.2) is 53.9 Å². The van der Waals surface area contributed by atoms with Crippen molar-refractivity contribution in [3.8, 4) is 5.75 Å². The first-order valence-electron chi connectivity index (χ1n) is 8.66. The summed E-state index contributed by atoms with van der Waals surface area (Å²) in [6.07, 6.45) is 5.98. The third-order valence-electron chi connectivity index (χ3n) is 4.78. The zero-order valence-electron chi connectivity index (χ0n) is 14.3. The van der Waals surface area contributed by atoms with E-state index in [0.717, 1.165) is 55.4 Å². The van der Waals surface area contributed by atoms with E-state index in [1.54, 1.807) is 0 Å². The third-order valence-corrected chi connectivity index (χ3v) is 5.02. The minimum Gasteiger partial charge on any atom is -0.488 e. The Morgan fingerprint density at radius 2 is 2.12 bits per heavy atom. The molecule has 0 N–H and O–H groups in total. The van der Waals surface area contributed by atoms with Crippen LogP contribution < -0.4 is 4.74 Å². The number of benzene rings is 1. The molecule has 1 atom stereocenters. The van der Waals surface area contributed by atoms with Crippen molar-refractivity contribution in [1.29, 1.82) is 0 Å². The number of rotatable bonds is 4. The Balaban J connectivity index is 1.57. The number of nitrogens with zero attached hydrogens (tertiary/aromatic N) is 3. The molecule has 3 heterocycles. The van der Waals surface area contributed by atoms with Gasteiger partial charge in [0.25, 0.3) is 0 Å². The van der Waals surface area contributed by atoms with Gasteiger partial charge in [0.15, 0.2) is 0 Å². The van der Waals surface area contributed by atoms with Gasteiger partial charge in [-0.05, 0) is 31.2 Å². The maximum Gasteiger partial charge on any atom is 0.127 e. The first kappa shape index (κ1) is 16.6. The molecule has 2 aromatic rings. The van der Waals surface area contributed by atoms with E-state index in [1.165, 1.54) is 0 Å². The lowest BCUT2D eigenvalue weighted by Gasteiger charge is -2.30. The van der Waals surface area contributed by atoms with E-state index in [1.807, 2.05) is 30.7 Å². The first-order valence-corrected chi connectivity index (χ1v) is 9.04. The molecule has 4 rings (SSSR count). The van der Waals surface area contributed by atoms with Gasteiger partial charge in [0.1, 0.15) is 12.4 Å². The van der Waals surface area contributed by atoms with Gasteiger partial charge in [-0.1, -0.05) is 11.6 Å². The molecule has 0 radical (unpaired) electrons. The number of imidazole rings is 1. The molecule has 5 nitrogen and oxygen atoms in total. The lowest BCUT2D eigenvalue weighted by atomic mass is 10.1. The number of aromatic nitrogens is 2. The minimum absolute atomic E-state index is 0.331. The molecule has 132 valence electrons. The molecule has 1 aromatic carbocycles. The maximum absolute atomic E-state index is 6.12. The Bertz CT molecular complexity index is 781. The minimum atomic E-state index is 0.331. The van der Waals surface area contributed by atoms with Crippen LogP contribution in [0.5, 0.6) is 5.75 Å². The first-order chi connectivity index (χ1) is 12.2. The van der Waals surface area contributed by atoms with Crippen LogP contribution in [0.25, 0.3) is 11.6 Å². The van der Waals surface area contributed by atoms with E-state index < -0.39 is 0 Å². The Morgan fingerprint density at radius 1 is 1.28 bits per heavy atom. The highest BCUT2D eigenvalue weighted by atomic mass is 35.5. The van der Waals surface area contributed by atoms with Crippen LogP contribution in [0.3, 0.4) is 0 Å². The second kappa shape index (κ2) is 7.20. The van der Waals surface area contributed by atoms with E-state index >= 15 is 0 Å². The van der Waals surface area contributed by atoms with Gasteiger partial charge in [0.2, 0.25) is 0 Å². The number of fused-ring (bicyclic) bond motifs is 1. The van der Waals surface area contributed by atoms with Crippen molar-refractivity contribution in [3.63, 3.8) is 0 Å². The van der Waals surface area contributed by atoms with E-state index in [9.17, 15) is 0 Å². The maximum atomic E-state index is 6.12. The summed E-state index contributed by atoms with van der Waals surface area (Å²) in [5, 5.41) is 0.717. The Labute approximate surface area is 152 Å². The second-order valence-electron chi connectivity index (χ2n) is 6.59. The van der Waals surface area contributed by atoms with Crippen molar-refractivity contribution >= 4 is 23.3 Å². The van der Waals surface area contributed by atoms with E-state index in [-0.39, 0.29) is 0 Å². The monoisotopic (exact) mass is 359 g/mol. The second-order valence-corrected chi connectivity index (χ2v) is 7.02. The fourth-order valence-corrected chi connectivity index (χ4v) is 3.63. The van der Waals surface area contributed by atoms with Gasteiger partial charge in [-0.2, -0.15) is 0 Å². The normalized spacial score (nSPS) is 19.0. The molecule has 2 aliphatic heterocycles. The van der Waals surface area contributed by atoms with Crippen LogP contribution in [0.2, 0.25) is 5.02 Å². The number of morpholine rings is 1. The predicted molar refractivity (Wildman–Crippen MR) is 99.0 cm³/mol. The highest BCUT2D eigenvalue weighted by molar-refractivity contribution is 6.30. The van der Waals surface area contributed by atoms with Crippen LogP contribution in [0.1, 0.15) is 24.2 Å². The topological polar surface area (TPSA) is 39.5 Å². The summed E-state index contributed by atoms with van der Waals surface area (Å²) >= 11 is 6.12. The van der Waals surface area contributed by atoms with Gasteiger partial charge in [-0.3, -0.25) is 4.90 Å². The van der Waals surface area contributed by atoms with Gasteiger partial charge in [-0.25, -0.2) is 4.98 Å². The molecule has 0 saturated carbocycles. The van der Waals surface area contributed by atoms with Gasteiger partial charge in [0, 0.05) is 41.8 Å². The Kier molecular flexibility index (Phi) is 4.79. The van der Waals surface area contributed by atoms with Crippen molar-refractivity contribution < 1.29 is 9.47 Å². The predicted octanol–water partition coefficient (Wildman–Crippen LogP) is 3.36. The van der Waals surface area contributed by atoms with Gasteiger partial charge in [0.05, 0.1) is 31.4 Å². The summed E-state index contributed by atoms with van der Waals surface area (Å²) in [5.41, 5.74) is 3.25. The van der Waals surface area contributed by atoms with Crippen LogP contribution in [-0.2, 0) is 4.74 Å². The molecule has 6 heteroatoms. The quantitative estimate of drug-likeness (QED) is 0.839. The molecule has 0 amide bonds. The number of ether oxygens (including phenoxy) is 2. The lowest BCUT2D eigenvalue weighted by Crippen LogP contribution is -2.39. The summed E-state index contributed by atoms with van der Waals surface area (Å²) < 4.78 is 13.6. The number of halogens is 1. The van der Waals surface area contributed by atoms with Gasteiger partial charge in [-0.15, -0.1) is 0 Å². The average Bonchev–Trinajstić information content (AvgIpc) is 3.12. The zero-order valence-corrected chi connectivity index (χ0v) is 15.1. The third kappa shape index (κ3) is 3.59. The number of hydrogen-bond acceptors (Lipinski definition) is 4. The average molecular weight is 360 g/mol. The van der Waals surface area contributed by atoms with E-state index in [2.05, 4.69) is 27.5 Å². The molecule has 0 bridgehead atoms. The van der Waals surface area contributed by atoms with Crippen LogP contribution in [0, 0.1) is 0 Å². The fraction of sp³-hybridized carbons (Fsp3) is 0.421. The Hall–Kier alpha value is -1.82. The summed E-state index contributed by atoms with van der Waals surface area (Å²) in [6.45, 7) is 7.39. The molecular formula is C19H22ClN3O2. The molecule has 1 aromatic heterocycles. The summed E-state index contributed by atoms with van der Waals surface area (Å²) in [7, 11) is 0. The molecular weight excluding hydrogens is 338 g/mol. The van der Waals surface area contributed by atoms with Crippen molar-refractivity contribution in [2.75, 3.05) is 39.5 Å². The van der Waals surface area contributed by atoms with E-state index in [0.29, 0.717) is 17.7 Å². The van der Waals surface area contributed by atoms with E-state index in [4.69, 9.17) is 21.1 Å². The molecule has 1 unspecified atom stereocenters. The van der Waals surface area contributed by atoms with Crippen molar-refractivity contribution in [3.05, 3.63) is 47.0 Å². The van der Waals surface area contributed by atoms with Crippen LogP contribution in [0.4, 0.5) is 0 Å². The summed E-state index contributed by atoms with van der Waals surface area (Å²) in [5.74, 6) is 0.876. The lowest BCUT2D eigenvalue weighted by molar-refractivity contribution is 0.0325. The summed E-state index contributed by atoms with van der Waals surface area (Å²) in [4.78, 5) is 6.83. The van der Waals surface area contributed by atoms with Gasteiger partial charge < -0.3 is 14.0 Å². The van der Waals surface area contributed by atoms with Crippen molar-refractivity contribution in [1.82, 2.24) is 14.5 Å². The van der Waals surface area contributed by atoms with Crippen molar-refractivity contribution in [2.24, 2.45) is 0 Å². The highest BCUT2D eigenvalue weighted by Crippen LogP contribution is 2.33. The molecule has 2 aliphatic rings. The van der Waals surface area contributed by atoms with Gasteiger partial charge >= 0.3 is 0 Å². The molecule has 0 aliphatic carbocycles. The van der Waals surface area contributed by atoms with Crippen LogP contribution >= 0.6 is 11.6 Å². The number of hydrogen-bond donors (Lipinski definition) is 0. The standard InChI is InChI=1S/C19H22ClN3O2/c1-14(11-22-4-6-24-7-5-22)23-13-21-10-18(23)16-8-15-9-17(20)2-3-19(15)25-12-16/h2-3,8-10,13-14H,4-7,11-12H2,1H3. The van der Waals surface area contributed by atoms with Crippen molar-refractivity contribution in [2.45, 2.75) is 13.0 Å². The molecule has 25 heavy (non-hydrogen) atoms. The highest BCUT2D eigenvalue weighted by Gasteiger charge is 2.20. The zero-order chi connectivity index (χ0) is 17.2. The molecule has 0 spiro atoms. The summed E-state index contributed by atoms with van der Waals surface area (Å²) in [6, 6.07) is 6.04. The Morgan fingerprint density at radius 3 is 2.96 bits per heavy atom. The largest absolute Gasteiger partial charge is 0.488 e. The molecule has 1 saturated heterocycles. The fourth-order valence-electron chi connectivity index (χ4n) is 3.45. The SMILES string of the molecule is CC(CN1CCOCC1)n1cncc1C1=Cc2cc(Cl)ccc2OC1. The smallest absolute Gasteiger partial charge is 0.127 e. The van der Waals surface area contributed by atoms with Crippen LogP contribution in [0.15, 0.2) is 30.7 Å².